The van der Waals surface area contributed by atoms with Crippen molar-refractivity contribution in [1.82, 2.24) is 60.4 Å². The van der Waals surface area contributed by atoms with Gasteiger partial charge in [0.25, 0.3) is 22.9 Å². The summed E-state index contributed by atoms with van der Waals surface area (Å²) in [5.74, 6) is 0.786. The molecule has 131 heavy (non-hydrogen) atoms. The lowest BCUT2D eigenvalue weighted by Crippen LogP contribution is -2.13. The normalized spacial score (nSPS) is 11.0. The number of anilines is 3. The second-order valence-electron chi connectivity index (χ2n) is 29.4. The molecule has 4 aromatic heterocycles. The van der Waals surface area contributed by atoms with Gasteiger partial charge in [0.1, 0.15) is 34.5 Å². The molecule has 18 aromatic rings. The van der Waals surface area contributed by atoms with Crippen LogP contribution in [0.25, 0.3) is 49.4 Å². The Balaban J connectivity index is 0.000000144. The fourth-order valence-electron chi connectivity index (χ4n) is 14.0. The van der Waals surface area contributed by atoms with Crippen LogP contribution in [0.1, 0.15) is 83.0 Å². The molecule has 0 bridgehead atoms. The summed E-state index contributed by atoms with van der Waals surface area (Å²) < 4.78 is 29.5. The molecule has 0 aliphatic carbocycles. The second-order valence-corrected chi connectivity index (χ2v) is 32.2. The van der Waals surface area contributed by atoms with Crippen molar-refractivity contribution in [2.45, 2.75) is 73.8 Å². The number of phenols is 3. The number of hydrogen-bond acceptors (Lipinski definition) is 26. The number of nitro benzene ring substituents is 2. The molecule has 0 aliphatic rings. The van der Waals surface area contributed by atoms with E-state index < -0.39 is 27.6 Å². The monoisotopic (exact) mass is 1800 g/mol. The zero-order valence-electron chi connectivity index (χ0n) is 70.4. The number of carbonyl (C=O) groups excluding carboxylic acids is 3. The summed E-state index contributed by atoms with van der Waals surface area (Å²) in [5.41, 5.74) is 9.31. The van der Waals surface area contributed by atoms with Crippen molar-refractivity contribution >= 4 is 114 Å². The van der Waals surface area contributed by atoms with Gasteiger partial charge in [-0.15, -0.1) is 20.4 Å². The molecule has 0 radical (unpaired) electrons. The number of aryl methyl sites for hydroxylation is 5. The van der Waals surface area contributed by atoms with E-state index in [0.717, 1.165) is 45.0 Å². The number of carbonyl (C=O) groups is 3. The number of thioether (sulfide) groups is 3. The summed E-state index contributed by atoms with van der Waals surface area (Å²) in [6.45, 7) is 9.46. The lowest BCUT2D eigenvalue weighted by molar-refractivity contribution is -0.385. The number of nitro groups is 2. The van der Waals surface area contributed by atoms with Gasteiger partial charge in [-0.1, -0.05) is 236 Å². The molecule has 14 aromatic carbocycles. The molecular formula is C97H77N17O14S3. The van der Waals surface area contributed by atoms with Crippen LogP contribution in [0.2, 0.25) is 0 Å². The second kappa shape index (κ2) is 39.9. The molecule has 0 saturated carbocycles. The Labute approximate surface area is 759 Å². The predicted octanol–water partition coefficient (Wildman–Crippen LogP) is 21.8. The van der Waals surface area contributed by atoms with Gasteiger partial charge in [0.15, 0.2) is 0 Å². The Morgan fingerprint density at radius 2 is 0.748 bits per heavy atom. The van der Waals surface area contributed by atoms with Crippen LogP contribution < -0.4 is 30.2 Å². The quantitative estimate of drug-likeness (QED) is 0.0158. The number of tetrazole rings is 2. The van der Waals surface area contributed by atoms with E-state index in [4.69, 9.17) is 23.7 Å². The average Bonchev–Trinajstić information content (AvgIpc) is 1.75. The molecule has 652 valence electrons. The minimum Gasteiger partial charge on any atom is -0.506 e. The lowest BCUT2D eigenvalue weighted by atomic mass is 10.0. The van der Waals surface area contributed by atoms with Gasteiger partial charge in [0.05, 0.1) is 49.3 Å². The third-order valence-electron chi connectivity index (χ3n) is 20.8. The SMILES string of the molecule is CCc1nnc(SCc2ccc(Oc3cc(C(=O)Nc4ccccc4C)c(O)c4ccccc34)c([N+](=O)[O-])c2)o1.Cc1ccccc1NC(=O)c1cc(Oc2c(CSc3nnnn3-c3ccccc3)c(C)nn2-c2ccccc2)c2ccccc2c1O.Cc1ccccc1NC(=O)c1cc(Oc2ccc(CSc3nnnn3-c3ccccc3)cc2[N+](=O)[O-])c2ccccc2c1O. The largest absolute Gasteiger partial charge is 0.506 e. The Morgan fingerprint density at radius 3 is 1.13 bits per heavy atom. The van der Waals surface area contributed by atoms with Crippen molar-refractivity contribution < 1.29 is 58.2 Å². The standard InChI is InChI=1S/C36H29N7O3S.C32H24N6O5S.C29H24N4O6S/c1-23-13-9-12-20-31(23)37-34(45)29-21-32(27-18-10-11-19-28(27)33(29)44)46-35-30(24(2)39-42(35)25-14-5-3-6-15-25)22-47-36-38-40-41-43(36)26-16-7-4-8-17-26;1-20-9-5-8-14-26(20)33-31(40)25-18-29(23-12-6-7-13-24(23)30(25)39)43-28-16-15-21(17-27(28)38(41)42)19-44-32-34-35-36-37(32)22-10-3-2-4-11-22;1-3-26-31-32-29(39-26)40-16-18-12-13-24(23(14-18)33(36)37)38-25-15-21(27(34)20-10-6-5-9-19(20)25)28(35)30-22-11-7-4-8-17(22)2/h3-21,44H,22H2,1-2H3,(H,37,45);2-18,39H,19H2,1H3,(H,33,40);4-15,34H,3,16H2,1-2H3,(H,30,35). The highest BCUT2D eigenvalue weighted by Crippen LogP contribution is 2.46. The van der Waals surface area contributed by atoms with E-state index in [9.17, 15) is 49.9 Å². The number of benzene rings is 14. The van der Waals surface area contributed by atoms with Crippen LogP contribution in [0.4, 0.5) is 28.4 Å². The molecule has 0 saturated heterocycles. The first-order valence-corrected chi connectivity index (χ1v) is 43.6. The predicted molar refractivity (Wildman–Crippen MR) is 500 cm³/mol. The molecule has 4 heterocycles. The van der Waals surface area contributed by atoms with E-state index in [1.165, 1.54) is 71.7 Å². The highest BCUT2D eigenvalue weighted by Gasteiger charge is 2.29. The number of para-hydroxylation sites is 6. The molecule has 0 aliphatic heterocycles. The number of ether oxygens (including phenoxy) is 3. The summed E-state index contributed by atoms with van der Waals surface area (Å²) in [4.78, 5) is 63.2. The van der Waals surface area contributed by atoms with Crippen molar-refractivity contribution in [3.05, 3.63) is 373 Å². The molecular weight excluding hydrogens is 1720 g/mol. The molecule has 18 rings (SSSR count). The molecule has 31 nitrogen and oxygen atoms in total. The summed E-state index contributed by atoms with van der Waals surface area (Å²) in [7, 11) is 0. The van der Waals surface area contributed by atoms with Crippen LogP contribution in [0.5, 0.6) is 51.9 Å². The maximum atomic E-state index is 13.6. The van der Waals surface area contributed by atoms with Gasteiger partial charge < -0.3 is 49.9 Å². The van der Waals surface area contributed by atoms with Crippen LogP contribution in [0, 0.1) is 47.9 Å². The summed E-state index contributed by atoms with van der Waals surface area (Å²) in [6.07, 6.45) is 0.617. The summed E-state index contributed by atoms with van der Waals surface area (Å²) in [5, 5.41) is 107. The van der Waals surface area contributed by atoms with Gasteiger partial charge >= 0.3 is 11.4 Å². The maximum absolute atomic E-state index is 13.6. The first kappa shape index (κ1) is 87.9. The van der Waals surface area contributed by atoms with E-state index in [-0.39, 0.29) is 68.3 Å². The van der Waals surface area contributed by atoms with Gasteiger partial charge in [-0.05, 0) is 161 Å². The Bertz CT molecular complexity index is 7330. The minimum absolute atomic E-state index is 0.00841. The number of aromatic nitrogens is 12. The number of nitrogens with zero attached hydrogens (tertiary/aromatic N) is 14. The number of hydrogen-bond donors (Lipinski definition) is 6. The zero-order chi connectivity index (χ0) is 91.2. The molecule has 0 fully saturated rings. The first-order valence-electron chi connectivity index (χ1n) is 40.7. The van der Waals surface area contributed by atoms with Crippen LogP contribution in [0.15, 0.2) is 311 Å². The highest BCUT2D eigenvalue weighted by atomic mass is 32.2. The van der Waals surface area contributed by atoms with E-state index >= 15 is 0 Å². The molecule has 34 heteroatoms. The molecule has 6 N–H and O–H groups in total. The number of nitrogens with one attached hydrogen (secondary N) is 3. The highest BCUT2D eigenvalue weighted by molar-refractivity contribution is 7.98. The van der Waals surface area contributed by atoms with Crippen LogP contribution in [-0.2, 0) is 23.7 Å². The molecule has 0 atom stereocenters. The van der Waals surface area contributed by atoms with Gasteiger partial charge in [-0.2, -0.15) is 14.5 Å². The number of rotatable bonds is 27. The van der Waals surface area contributed by atoms with Crippen LogP contribution in [0.3, 0.4) is 0 Å². The van der Waals surface area contributed by atoms with E-state index in [1.54, 1.807) is 111 Å². The van der Waals surface area contributed by atoms with Crippen LogP contribution in [-0.4, -0.2) is 103 Å². The first-order chi connectivity index (χ1) is 63.7. The number of fused-ring (bicyclic) bond motifs is 3. The van der Waals surface area contributed by atoms with Crippen molar-refractivity contribution in [1.29, 1.82) is 0 Å². The Hall–Kier alpha value is -16.6. The minimum atomic E-state index is -0.549. The zero-order valence-corrected chi connectivity index (χ0v) is 72.8. The van der Waals surface area contributed by atoms with Gasteiger partial charge in [0.2, 0.25) is 33.6 Å². The maximum Gasteiger partial charge on any atom is 0.311 e. The smallest absolute Gasteiger partial charge is 0.311 e. The third kappa shape index (κ3) is 20.0. The number of phenolic OH excluding ortho intramolecular Hbond substituents is 3. The van der Waals surface area contributed by atoms with E-state index in [1.807, 2.05) is 192 Å². The Morgan fingerprint density at radius 1 is 0.397 bits per heavy atom. The molecule has 3 amide bonds. The number of amides is 3. The van der Waals surface area contributed by atoms with Crippen molar-refractivity contribution in [2.24, 2.45) is 0 Å². The van der Waals surface area contributed by atoms with Crippen molar-refractivity contribution in [2.75, 3.05) is 16.0 Å². The van der Waals surface area contributed by atoms with Crippen molar-refractivity contribution in [3.63, 3.8) is 0 Å². The summed E-state index contributed by atoms with van der Waals surface area (Å²) >= 11 is 4.06. The van der Waals surface area contributed by atoms with Gasteiger partial charge in [-0.3, -0.25) is 34.6 Å². The fraction of sp³-hybridized carbons (Fsp3) is 0.0928. The van der Waals surface area contributed by atoms with E-state index in [0.29, 0.717) is 117 Å². The van der Waals surface area contributed by atoms with Crippen LogP contribution >= 0.6 is 35.3 Å². The fourth-order valence-corrected chi connectivity index (χ4v) is 16.5. The van der Waals surface area contributed by atoms with Gasteiger partial charge in [-0.25, -0.2) is 4.68 Å². The average molecular weight is 1800 g/mol. The molecule has 0 spiro atoms. The van der Waals surface area contributed by atoms with Crippen molar-refractivity contribution in [3.8, 4) is 68.9 Å². The summed E-state index contributed by atoms with van der Waals surface area (Å²) in [6, 6.07) is 85.4. The topological polar surface area (TPSA) is 406 Å². The van der Waals surface area contributed by atoms with E-state index in [2.05, 4.69) is 57.2 Å². The van der Waals surface area contributed by atoms with Gasteiger partial charge in [0, 0.05) is 90.8 Å². The number of aromatic hydroxyl groups is 3. The third-order valence-corrected chi connectivity index (χ3v) is 23.6. The lowest BCUT2D eigenvalue weighted by Gasteiger charge is -2.16. The Kier molecular flexibility index (Phi) is 26.8. The molecule has 0 unspecified atom stereocenters.